The second kappa shape index (κ2) is 6.85. The molecular weight excluding hydrogens is 258 g/mol. The molecule has 3 nitrogen and oxygen atoms in total. The van der Waals surface area contributed by atoms with Gasteiger partial charge < -0.3 is 0 Å². The highest BCUT2D eigenvalue weighted by Crippen LogP contribution is 2.23. The number of hydrogen-bond donors (Lipinski definition) is 0. The van der Waals surface area contributed by atoms with Gasteiger partial charge in [-0.1, -0.05) is 37.5 Å². The van der Waals surface area contributed by atoms with Crippen LogP contribution >= 0.6 is 0 Å². The Bertz CT molecular complexity index is 537. The summed E-state index contributed by atoms with van der Waals surface area (Å²) in [5.41, 5.74) is 2.60. The molecule has 0 atom stereocenters. The van der Waals surface area contributed by atoms with Crippen LogP contribution in [0.5, 0.6) is 0 Å². The van der Waals surface area contributed by atoms with Gasteiger partial charge in [0, 0.05) is 6.21 Å². The first-order valence-electron chi connectivity index (χ1n) is 6.75. The molecule has 0 aromatic heterocycles. The van der Waals surface area contributed by atoms with Crippen LogP contribution in [0.1, 0.15) is 49.3 Å². The molecule has 0 spiro atoms. The van der Waals surface area contributed by atoms with Crippen molar-refractivity contribution in [3.63, 3.8) is 0 Å². The van der Waals surface area contributed by atoms with Gasteiger partial charge in [0.2, 0.25) is 0 Å². The van der Waals surface area contributed by atoms with Crippen molar-refractivity contribution in [2.45, 2.75) is 58.3 Å². The average molecular weight is 281 g/mol. The largest absolute Gasteiger partial charge is 0.282 e. The molecule has 1 rings (SSSR count). The molecule has 0 bridgehead atoms. The van der Waals surface area contributed by atoms with E-state index in [1.54, 1.807) is 0 Å². The molecule has 19 heavy (non-hydrogen) atoms. The third-order valence-electron chi connectivity index (χ3n) is 3.01. The maximum atomic E-state index is 12.2. The van der Waals surface area contributed by atoms with Crippen molar-refractivity contribution >= 4 is 16.2 Å². The highest BCUT2D eigenvalue weighted by atomic mass is 32.2. The normalized spacial score (nSPS) is 12.2. The van der Waals surface area contributed by atoms with Crippen molar-refractivity contribution < 1.29 is 8.42 Å². The zero-order valence-corrected chi connectivity index (χ0v) is 13.0. The van der Waals surface area contributed by atoms with Crippen molar-refractivity contribution in [3.8, 4) is 0 Å². The van der Waals surface area contributed by atoms with Gasteiger partial charge in [-0.15, -0.1) is 0 Å². The molecule has 0 aliphatic rings. The van der Waals surface area contributed by atoms with Crippen LogP contribution in [0.3, 0.4) is 0 Å². The van der Waals surface area contributed by atoms with Gasteiger partial charge in [-0.25, -0.2) is 0 Å². The molecular formula is C15H23NO2S. The lowest BCUT2D eigenvalue weighted by Gasteiger charge is -2.08. The lowest BCUT2D eigenvalue weighted by molar-refractivity contribution is 0.596. The first-order valence-corrected chi connectivity index (χ1v) is 8.19. The van der Waals surface area contributed by atoms with Crippen molar-refractivity contribution in [1.29, 1.82) is 0 Å². The van der Waals surface area contributed by atoms with E-state index < -0.39 is 10.0 Å². The highest BCUT2D eigenvalue weighted by Gasteiger charge is 2.18. The van der Waals surface area contributed by atoms with Crippen molar-refractivity contribution in [3.05, 3.63) is 28.8 Å². The van der Waals surface area contributed by atoms with Crippen molar-refractivity contribution in [2.75, 3.05) is 0 Å². The molecule has 0 aliphatic heterocycles. The summed E-state index contributed by atoms with van der Waals surface area (Å²) in [4.78, 5) is 0.352. The number of nitrogens with zero attached hydrogens (tertiary/aromatic N) is 1. The molecule has 0 radical (unpaired) electrons. The molecule has 0 aliphatic carbocycles. The van der Waals surface area contributed by atoms with Crippen LogP contribution in [0.25, 0.3) is 0 Å². The van der Waals surface area contributed by atoms with Crippen LogP contribution < -0.4 is 0 Å². The summed E-state index contributed by atoms with van der Waals surface area (Å²) in [5.74, 6) is 0. The van der Waals surface area contributed by atoms with Crippen molar-refractivity contribution in [2.24, 2.45) is 4.40 Å². The van der Waals surface area contributed by atoms with Gasteiger partial charge in [-0.3, -0.25) is 0 Å². The molecule has 0 saturated carbocycles. The molecule has 0 unspecified atom stereocenters. The van der Waals surface area contributed by atoms with Crippen LogP contribution in [-0.2, 0) is 10.0 Å². The molecule has 0 heterocycles. The zero-order chi connectivity index (χ0) is 14.5. The monoisotopic (exact) mass is 281 g/mol. The van der Waals surface area contributed by atoms with E-state index in [0.29, 0.717) is 4.90 Å². The minimum atomic E-state index is -3.56. The Labute approximate surface area is 116 Å². The van der Waals surface area contributed by atoms with Gasteiger partial charge in [0.05, 0.1) is 4.90 Å². The number of aryl methyl sites for hydroxylation is 3. The number of unbranched alkanes of at least 4 members (excludes halogenated alkanes) is 3. The van der Waals surface area contributed by atoms with Crippen LogP contribution in [0, 0.1) is 20.8 Å². The third kappa shape index (κ3) is 4.46. The smallest absolute Gasteiger partial charge is 0.199 e. The summed E-state index contributed by atoms with van der Waals surface area (Å²) in [6.45, 7) is 7.72. The van der Waals surface area contributed by atoms with Gasteiger partial charge in [0.25, 0.3) is 10.0 Å². The van der Waals surface area contributed by atoms with Crippen LogP contribution in [0.2, 0.25) is 0 Å². The summed E-state index contributed by atoms with van der Waals surface area (Å²) in [6.07, 6.45) is 5.47. The molecule has 0 N–H and O–H groups in total. The summed E-state index contributed by atoms with van der Waals surface area (Å²) < 4.78 is 28.2. The maximum absolute atomic E-state index is 12.2. The highest BCUT2D eigenvalue weighted by molar-refractivity contribution is 7.90. The molecule has 106 valence electrons. The van der Waals surface area contributed by atoms with Gasteiger partial charge in [0.15, 0.2) is 0 Å². The number of sulfonamides is 1. The van der Waals surface area contributed by atoms with Crippen LogP contribution in [0.4, 0.5) is 0 Å². The summed E-state index contributed by atoms with van der Waals surface area (Å²) in [6, 6.07) is 3.76. The van der Waals surface area contributed by atoms with Gasteiger partial charge in [-0.2, -0.15) is 12.8 Å². The van der Waals surface area contributed by atoms with Gasteiger partial charge in [-0.05, 0) is 44.7 Å². The number of rotatable bonds is 6. The van der Waals surface area contributed by atoms with E-state index >= 15 is 0 Å². The van der Waals surface area contributed by atoms with Crippen LogP contribution in [-0.4, -0.2) is 14.6 Å². The van der Waals surface area contributed by atoms with E-state index in [1.807, 2.05) is 32.9 Å². The average Bonchev–Trinajstić information content (AvgIpc) is 2.26. The summed E-state index contributed by atoms with van der Waals surface area (Å²) in [7, 11) is -3.56. The molecule has 1 aromatic rings. The molecule has 0 amide bonds. The quantitative estimate of drug-likeness (QED) is 0.585. The molecule has 4 heteroatoms. The minimum absolute atomic E-state index is 0.352. The SMILES string of the molecule is CCCCC/C=N/S(=O)(=O)c1c(C)cc(C)cc1C. The Morgan fingerprint density at radius 2 is 1.68 bits per heavy atom. The van der Waals surface area contributed by atoms with Gasteiger partial charge >= 0.3 is 0 Å². The van der Waals surface area contributed by atoms with E-state index in [4.69, 9.17) is 0 Å². The molecule has 0 saturated heterocycles. The second-order valence-corrected chi connectivity index (χ2v) is 6.56. The van der Waals surface area contributed by atoms with Crippen LogP contribution in [0.15, 0.2) is 21.4 Å². The molecule has 1 aromatic carbocycles. The minimum Gasteiger partial charge on any atom is -0.199 e. The maximum Gasteiger partial charge on any atom is 0.282 e. The standard InChI is InChI=1S/C15H23NO2S/c1-5-6-7-8-9-16-19(17,18)15-13(3)10-12(2)11-14(15)4/h9-11H,5-8H2,1-4H3/b16-9+. The van der Waals surface area contributed by atoms with E-state index in [2.05, 4.69) is 11.3 Å². The van der Waals surface area contributed by atoms with E-state index in [9.17, 15) is 8.42 Å². The first kappa shape index (κ1) is 15.9. The predicted molar refractivity (Wildman–Crippen MR) is 80.5 cm³/mol. The number of hydrogen-bond acceptors (Lipinski definition) is 2. The zero-order valence-electron chi connectivity index (χ0n) is 12.2. The Morgan fingerprint density at radius 3 is 2.21 bits per heavy atom. The summed E-state index contributed by atoms with van der Waals surface area (Å²) >= 11 is 0. The Balaban J connectivity index is 2.95. The van der Waals surface area contributed by atoms with E-state index in [-0.39, 0.29) is 0 Å². The Morgan fingerprint density at radius 1 is 1.11 bits per heavy atom. The second-order valence-electron chi connectivity index (χ2n) is 4.99. The first-order chi connectivity index (χ1) is 8.88. The van der Waals surface area contributed by atoms with Gasteiger partial charge in [0.1, 0.15) is 0 Å². The fraction of sp³-hybridized carbons (Fsp3) is 0.533. The number of benzene rings is 1. The van der Waals surface area contributed by atoms with E-state index in [0.717, 1.165) is 42.4 Å². The topological polar surface area (TPSA) is 46.5 Å². The lowest BCUT2D eigenvalue weighted by atomic mass is 10.1. The predicted octanol–water partition coefficient (Wildman–Crippen LogP) is 3.95. The lowest BCUT2D eigenvalue weighted by Crippen LogP contribution is -2.03. The third-order valence-corrected chi connectivity index (χ3v) is 4.60. The fourth-order valence-electron chi connectivity index (χ4n) is 2.26. The van der Waals surface area contributed by atoms with Crippen molar-refractivity contribution in [1.82, 2.24) is 0 Å². The fourth-order valence-corrected chi connectivity index (χ4v) is 3.60. The summed E-state index contributed by atoms with van der Waals surface area (Å²) in [5, 5.41) is 0. The Kier molecular flexibility index (Phi) is 5.73. The van der Waals surface area contributed by atoms with E-state index in [1.165, 1.54) is 6.21 Å². The molecule has 0 fully saturated rings. The Hall–Kier alpha value is -1.16.